The molecule has 2 amide bonds. The first-order chi connectivity index (χ1) is 15.1. The van der Waals surface area contributed by atoms with Gasteiger partial charge in [-0.2, -0.15) is 5.10 Å². The molecule has 2 N–H and O–H groups in total. The summed E-state index contributed by atoms with van der Waals surface area (Å²) in [6.45, 7) is 1.99. The number of amides is 2. The Morgan fingerprint density at radius 3 is 2.65 bits per heavy atom. The first kappa shape index (κ1) is 22.7. The summed E-state index contributed by atoms with van der Waals surface area (Å²) >= 11 is 1.35. The van der Waals surface area contributed by atoms with E-state index in [4.69, 9.17) is 4.74 Å². The lowest BCUT2D eigenvalue weighted by Crippen LogP contribution is -2.32. The molecule has 1 heterocycles. The number of fused-ring (bicyclic) bond motifs is 1. The van der Waals surface area contributed by atoms with Crippen molar-refractivity contribution in [3.8, 4) is 0 Å². The average molecular weight is 442 g/mol. The van der Waals surface area contributed by atoms with Gasteiger partial charge in [-0.25, -0.2) is 10.2 Å². The molecular formula is C23H27N3O4S. The Labute approximate surface area is 185 Å². The van der Waals surface area contributed by atoms with Crippen LogP contribution >= 0.6 is 11.3 Å². The molecule has 0 radical (unpaired) electrons. The topological polar surface area (TPSA) is 96.9 Å². The minimum atomic E-state index is -0.880. The molecular weight excluding hydrogens is 414 g/mol. The van der Waals surface area contributed by atoms with Crippen molar-refractivity contribution in [3.05, 3.63) is 51.9 Å². The number of nitrogens with one attached hydrogen (secondary N) is 2. The Morgan fingerprint density at radius 2 is 1.87 bits per heavy atom. The third-order valence-corrected chi connectivity index (χ3v) is 6.20. The summed E-state index contributed by atoms with van der Waals surface area (Å²) in [5.41, 5.74) is 4.74. The molecule has 0 atom stereocenters. The lowest BCUT2D eigenvalue weighted by Gasteiger charge is -2.08. The number of hydrazone groups is 1. The second kappa shape index (κ2) is 11.4. The van der Waals surface area contributed by atoms with Crippen LogP contribution in [0, 0.1) is 0 Å². The van der Waals surface area contributed by atoms with Gasteiger partial charge in [-0.15, -0.1) is 11.3 Å². The number of ether oxygens (including phenoxy) is 1. The van der Waals surface area contributed by atoms with Gasteiger partial charge in [-0.3, -0.25) is 9.59 Å². The zero-order valence-electron chi connectivity index (χ0n) is 17.6. The van der Waals surface area contributed by atoms with Gasteiger partial charge in [0.2, 0.25) is 0 Å². The predicted octanol–water partition coefficient (Wildman–Crippen LogP) is 3.87. The van der Waals surface area contributed by atoms with Crippen molar-refractivity contribution in [2.24, 2.45) is 5.10 Å². The number of rotatable bonds is 7. The van der Waals surface area contributed by atoms with Crippen LogP contribution in [-0.2, 0) is 33.6 Å². The van der Waals surface area contributed by atoms with E-state index in [0.717, 1.165) is 49.0 Å². The van der Waals surface area contributed by atoms with Crippen LogP contribution in [0.2, 0.25) is 0 Å². The summed E-state index contributed by atoms with van der Waals surface area (Å²) < 4.78 is 5.20. The van der Waals surface area contributed by atoms with Crippen LogP contribution < -0.4 is 10.7 Å². The fraction of sp³-hybridized carbons (Fsp3) is 0.391. The number of carbonyl (C=O) groups is 3. The van der Waals surface area contributed by atoms with Gasteiger partial charge in [0.1, 0.15) is 5.00 Å². The molecule has 1 aromatic carbocycles. The molecule has 31 heavy (non-hydrogen) atoms. The molecule has 1 aliphatic carbocycles. The molecule has 0 unspecified atom stereocenters. The maximum absolute atomic E-state index is 12.5. The zero-order chi connectivity index (χ0) is 22.1. The highest BCUT2D eigenvalue weighted by Gasteiger charge is 2.27. The van der Waals surface area contributed by atoms with Crippen LogP contribution in [0.25, 0.3) is 0 Å². The lowest BCUT2D eigenvalue weighted by molar-refractivity contribution is -0.136. The van der Waals surface area contributed by atoms with E-state index in [1.807, 2.05) is 30.3 Å². The zero-order valence-corrected chi connectivity index (χ0v) is 18.4. The van der Waals surface area contributed by atoms with Gasteiger partial charge in [-0.05, 0) is 56.6 Å². The molecule has 0 bridgehead atoms. The van der Waals surface area contributed by atoms with Gasteiger partial charge < -0.3 is 10.1 Å². The average Bonchev–Trinajstić information content (AvgIpc) is 2.94. The van der Waals surface area contributed by atoms with E-state index < -0.39 is 17.8 Å². The smallest absolute Gasteiger partial charge is 0.341 e. The first-order valence-electron chi connectivity index (χ1n) is 10.6. The summed E-state index contributed by atoms with van der Waals surface area (Å²) in [5, 5.41) is 6.80. The monoisotopic (exact) mass is 441 g/mol. The van der Waals surface area contributed by atoms with Crippen molar-refractivity contribution in [1.82, 2.24) is 5.43 Å². The molecule has 3 rings (SSSR count). The van der Waals surface area contributed by atoms with Crippen molar-refractivity contribution >= 4 is 40.3 Å². The van der Waals surface area contributed by atoms with Crippen molar-refractivity contribution in [2.45, 2.75) is 51.9 Å². The fourth-order valence-corrected chi connectivity index (χ4v) is 4.78. The summed E-state index contributed by atoms with van der Waals surface area (Å²) in [5.74, 6) is -2.20. The third kappa shape index (κ3) is 6.24. The normalized spacial score (nSPS) is 13.3. The second-order valence-electron chi connectivity index (χ2n) is 7.22. The van der Waals surface area contributed by atoms with Gasteiger partial charge in [-0.1, -0.05) is 36.8 Å². The number of hydrogen-bond acceptors (Lipinski definition) is 6. The number of thiophene rings is 1. The SMILES string of the molecule is CCOC(=O)c1c(NC(=O)C(=O)N/N=C\CCc2ccccc2)sc2c1CCCCC2. The van der Waals surface area contributed by atoms with Gasteiger partial charge in [0.25, 0.3) is 0 Å². The first-order valence-corrected chi connectivity index (χ1v) is 11.4. The molecule has 0 aliphatic heterocycles. The van der Waals surface area contributed by atoms with E-state index in [1.54, 1.807) is 13.1 Å². The van der Waals surface area contributed by atoms with Gasteiger partial charge in [0.15, 0.2) is 0 Å². The fourth-order valence-electron chi connectivity index (χ4n) is 3.51. The lowest BCUT2D eigenvalue weighted by atomic mass is 10.1. The summed E-state index contributed by atoms with van der Waals surface area (Å²) in [6.07, 6.45) is 7.76. The number of hydrogen-bond donors (Lipinski definition) is 2. The Balaban J connectivity index is 1.60. The number of aryl methyl sites for hydroxylation is 2. The number of anilines is 1. The highest BCUT2D eigenvalue weighted by atomic mass is 32.1. The van der Waals surface area contributed by atoms with Gasteiger partial charge in [0.05, 0.1) is 12.2 Å². The molecule has 8 heteroatoms. The van der Waals surface area contributed by atoms with Crippen molar-refractivity contribution in [2.75, 3.05) is 11.9 Å². The second-order valence-corrected chi connectivity index (χ2v) is 8.33. The Hall–Kier alpha value is -3.00. The van der Waals surface area contributed by atoms with E-state index in [2.05, 4.69) is 15.8 Å². The molecule has 1 aliphatic rings. The van der Waals surface area contributed by atoms with E-state index >= 15 is 0 Å². The molecule has 164 valence electrons. The largest absolute Gasteiger partial charge is 0.462 e. The molecule has 7 nitrogen and oxygen atoms in total. The number of carbonyl (C=O) groups excluding carboxylic acids is 3. The molecule has 0 saturated heterocycles. The van der Waals surface area contributed by atoms with Crippen molar-refractivity contribution in [1.29, 1.82) is 0 Å². The standard InChI is InChI=1S/C23H27N3O4S/c1-2-30-23(29)19-17-13-7-4-8-14-18(17)31-22(19)25-20(27)21(28)26-24-15-9-12-16-10-5-3-6-11-16/h3,5-6,10-11,15H,2,4,7-9,12-14H2,1H3,(H,25,27)(H,26,28)/b24-15-. The minimum Gasteiger partial charge on any atom is -0.462 e. The third-order valence-electron chi connectivity index (χ3n) is 5.00. The Kier molecular flexibility index (Phi) is 8.35. The number of benzene rings is 1. The number of nitrogens with zero attached hydrogens (tertiary/aromatic N) is 1. The molecule has 0 saturated carbocycles. The predicted molar refractivity (Wildman–Crippen MR) is 122 cm³/mol. The maximum atomic E-state index is 12.5. The van der Waals surface area contributed by atoms with Gasteiger partial charge >= 0.3 is 17.8 Å². The maximum Gasteiger partial charge on any atom is 0.341 e. The van der Waals surface area contributed by atoms with Crippen LogP contribution in [0.3, 0.4) is 0 Å². The summed E-state index contributed by atoms with van der Waals surface area (Å²) in [6, 6.07) is 9.92. The van der Waals surface area contributed by atoms with Crippen LogP contribution in [0.5, 0.6) is 0 Å². The van der Waals surface area contributed by atoms with Gasteiger partial charge in [0, 0.05) is 11.1 Å². The van der Waals surface area contributed by atoms with Crippen LogP contribution in [0.4, 0.5) is 5.00 Å². The highest BCUT2D eigenvalue weighted by molar-refractivity contribution is 7.17. The van der Waals surface area contributed by atoms with Crippen LogP contribution in [-0.4, -0.2) is 30.6 Å². The van der Waals surface area contributed by atoms with E-state index in [-0.39, 0.29) is 6.61 Å². The highest BCUT2D eigenvalue weighted by Crippen LogP contribution is 2.38. The summed E-state index contributed by atoms with van der Waals surface area (Å²) in [7, 11) is 0. The van der Waals surface area contributed by atoms with E-state index in [1.165, 1.54) is 16.9 Å². The van der Waals surface area contributed by atoms with E-state index in [0.29, 0.717) is 17.0 Å². The molecule has 0 fully saturated rings. The van der Waals surface area contributed by atoms with Crippen molar-refractivity contribution < 1.29 is 19.1 Å². The number of esters is 1. The Morgan fingerprint density at radius 1 is 1.10 bits per heavy atom. The van der Waals surface area contributed by atoms with Crippen LogP contribution in [0.1, 0.15) is 59.0 Å². The molecule has 2 aromatic rings. The summed E-state index contributed by atoms with van der Waals surface area (Å²) in [4.78, 5) is 38.1. The van der Waals surface area contributed by atoms with Crippen molar-refractivity contribution in [3.63, 3.8) is 0 Å². The Bertz CT molecular complexity index is 953. The minimum absolute atomic E-state index is 0.245. The van der Waals surface area contributed by atoms with E-state index in [9.17, 15) is 14.4 Å². The van der Waals surface area contributed by atoms with Crippen LogP contribution in [0.15, 0.2) is 35.4 Å². The molecule has 0 spiro atoms. The molecule has 1 aromatic heterocycles. The quantitative estimate of drug-likeness (QED) is 0.224.